The first kappa shape index (κ1) is 14.0. The predicted molar refractivity (Wildman–Crippen MR) is 83.6 cm³/mol. The number of carbonyl (C=O) groups is 1. The molecule has 1 saturated heterocycles. The minimum atomic E-state index is 0.0690. The molecule has 1 aliphatic carbocycles. The normalized spacial score (nSPS) is 30.8. The SMILES string of the molecule is CSC1CCC(N2C(=O)CNC2c2ccccc2)CC1. The van der Waals surface area contributed by atoms with Gasteiger partial charge in [-0.25, -0.2) is 0 Å². The zero-order valence-electron chi connectivity index (χ0n) is 11.9. The topological polar surface area (TPSA) is 32.3 Å². The maximum Gasteiger partial charge on any atom is 0.238 e. The largest absolute Gasteiger partial charge is 0.319 e. The van der Waals surface area contributed by atoms with Crippen molar-refractivity contribution >= 4 is 17.7 Å². The van der Waals surface area contributed by atoms with Crippen molar-refractivity contribution in [2.75, 3.05) is 12.8 Å². The Kier molecular flexibility index (Phi) is 4.32. The summed E-state index contributed by atoms with van der Waals surface area (Å²) in [6.45, 7) is 0.474. The van der Waals surface area contributed by atoms with Crippen LogP contribution in [0.4, 0.5) is 0 Å². The summed E-state index contributed by atoms with van der Waals surface area (Å²) in [6, 6.07) is 10.7. The highest BCUT2D eigenvalue weighted by Crippen LogP contribution is 2.34. The molecule has 1 aromatic rings. The molecule has 0 aromatic heterocycles. The van der Waals surface area contributed by atoms with Crippen LogP contribution >= 0.6 is 11.8 Å². The minimum Gasteiger partial charge on any atom is -0.319 e. The molecule has 0 radical (unpaired) electrons. The Morgan fingerprint density at radius 2 is 1.85 bits per heavy atom. The molecule has 3 nitrogen and oxygen atoms in total. The van der Waals surface area contributed by atoms with E-state index in [2.05, 4.69) is 28.6 Å². The van der Waals surface area contributed by atoms with Gasteiger partial charge < -0.3 is 4.90 Å². The summed E-state index contributed by atoms with van der Waals surface area (Å²) in [5.74, 6) is 0.256. The van der Waals surface area contributed by atoms with E-state index >= 15 is 0 Å². The number of hydrogen-bond donors (Lipinski definition) is 1. The number of nitrogens with zero attached hydrogens (tertiary/aromatic N) is 1. The molecule has 1 heterocycles. The third-order valence-corrected chi connectivity index (χ3v) is 5.64. The first-order valence-corrected chi connectivity index (χ1v) is 8.70. The van der Waals surface area contributed by atoms with Gasteiger partial charge in [0.05, 0.1) is 6.54 Å². The van der Waals surface area contributed by atoms with Crippen molar-refractivity contribution < 1.29 is 4.79 Å². The van der Waals surface area contributed by atoms with Gasteiger partial charge in [-0.2, -0.15) is 11.8 Å². The molecule has 2 fully saturated rings. The number of rotatable bonds is 3. The van der Waals surface area contributed by atoms with E-state index in [0.717, 1.165) is 18.1 Å². The van der Waals surface area contributed by atoms with Crippen LogP contribution in [-0.4, -0.2) is 34.9 Å². The van der Waals surface area contributed by atoms with Crippen molar-refractivity contribution in [1.29, 1.82) is 0 Å². The van der Waals surface area contributed by atoms with E-state index in [1.165, 1.54) is 18.4 Å². The fourth-order valence-corrected chi connectivity index (χ4v) is 4.15. The van der Waals surface area contributed by atoms with E-state index in [-0.39, 0.29) is 12.1 Å². The van der Waals surface area contributed by atoms with Crippen LogP contribution in [0.2, 0.25) is 0 Å². The summed E-state index contributed by atoms with van der Waals surface area (Å²) in [7, 11) is 0. The van der Waals surface area contributed by atoms with Crippen LogP contribution in [0, 0.1) is 0 Å². The molecule has 0 bridgehead atoms. The monoisotopic (exact) mass is 290 g/mol. The fourth-order valence-electron chi connectivity index (χ4n) is 3.40. The van der Waals surface area contributed by atoms with Gasteiger partial charge in [-0.3, -0.25) is 10.1 Å². The lowest BCUT2D eigenvalue weighted by molar-refractivity contribution is -0.131. The lowest BCUT2D eigenvalue weighted by atomic mass is 9.93. The van der Waals surface area contributed by atoms with Crippen LogP contribution in [0.15, 0.2) is 30.3 Å². The summed E-state index contributed by atoms with van der Waals surface area (Å²) in [5, 5.41) is 4.15. The molecular formula is C16H22N2OS. The zero-order chi connectivity index (χ0) is 13.9. The summed E-state index contributed by atoms with van der Waals surface area (Å²) < 4.78 is 0. The van der Waals surface area contributed by atoms with Gasteiger partial charge in [0.15, 0.2) is 0 Å². The highest BCUT2D eigenvalue weighted by molar-refractivity contribution is 7.99. The molecule has 20 heavy (non-hydrogen) atoms. The van der Waals surface area contributed by atoms with Crippen LogP contribution in [0.3, 0.4) is 0 Å². The molecular weight excluding hydrogens is 268 g/mol. The summed E-state index contributed by atoms with van der Waals surface area (Å²) in [5.41, 5.74) is 1.20. The Bertz CT molecular complexity index is 457. The highest BCUT2D eigenvalue weighted by atomic mass is 32.2. The summed E-state index contributed by atoms with van der Waals surface area (Å²) in [6.07, 6.45) is 7.01. The van der Waals surface area contributed by atoms with Crippen LogP contribution in [-0.2, 0) is 4.79 Å². The van der Waals surface area contributed by atoms with Crippen molar-refractivity contribution in [1.82, 2.24) is 10.2 Å². The molecule has 3 rings (SSSR count). The Morgan fingerprint density at radius 1 is 1.15 bits per heavy atom. The first-order valence-electron chi connectivity index (χ1n) is 7.42. The standard InChI is InChI=1S/C16H22N2OS/c1-20-14-9-7-13(8-10-14)18-15(19)11-17-16(18)12-5-3-2-4-6-12/h2-6,13-14,16-17H,7-11H2,1H3. The van der Waals surface area contributed by atoms with Gasteiger partial charge in [-0.05, 0) is 37.5 Å². The third-order valence-electron chi connectivity index (χ3n) is 4.50. The first-order chi connectivity index (χ1) is 9.79. The quantitative estimate of drug-likeness (QED) is 0.929. The number of nitrogens with one attached hydrogen (secondary N) is 1. The lowest BCUT2D eigenvalue weighted by Gasteiger charge is -2.37. The van der Waals surface area contributed by atoms with Crippen LogP contribution in [0.5, 0.6) is 0 Å². The molecule has 1 N–H and O–H groups in total. The van der Waals surface area contributed by atoms with E-state index in [4.69, 9.17) is 0 Å². The Hall–Kier alpha value is -1.00. The smallest absolute Gasteiger partial charge is 0.238 e. The Morgan fingerprint density at radius 3 is 2.50 bits per heavy atom. The van der Waals surface area contributed by atoms with Gasteiger partial charge in [0.25, 0.3) is 0 Å². The Balaban J connectivity index is 1.74. The van der Waals surface area contributed by atoms with E-state index in [1.807, 2.05) is 30.0 Å². The van der Waals surface area contributed by atoms with E-state index in [0.29, 0.717) is 12.6 Å². The van der Waals surface area contributed by atoms with Crippen molar-refractivity contribution in [2.45, 2.75) is 43.1 Å². The number of thioether (sulfide) groups is 1. The molecule has 1 aromatic carbocycles. The maximum atomic E-state index is 12.3. The van der Waals surface area contributed by atoms with Gasteiger partial charge >= 0.3 is 0 Å². The average Bonchev–Trinajstić information content (AvgIpc) is 2.90. The highest BCUT2D eigenvalue weighted by Gasteiger charge is 2.38. The molecule has 2 aliphatic rings. The number of carbonyl (C=O) groups excluding carboxylic acids is 1. The van der Waals surface area contributed by atoms with Gasteiger partial charge in [0, 0.05) is 11.3 Å². The number of amides is 1. The summed E-state index contributed by atoms with van der Waals surface area (Å²) >= 11 is 1.97. The van der Waals surface area contributed by atoms with Gasteiger partial charge in [-0.15, -0.1) is 0 Å². The van der Waals surface area contributed by atoms with Gasteiger partial charge in [0.1, 0.15) is 6.17 Å². The zero-order valence-corrected chi connectivity index (χ0v) is 12.7. The van der Waals surface area contributed by atoms with Crippen LogP contribution < -0.4 is 5.32 Å². The lowest BCUT2D eigenvalue weighted by Crippen LogP contribution is -2.42. The van der Waals surface area contributed by atoms with E-state index in [9.17, 15) is 4.79 Å². The molecule has 0 spiro atoms. The second kappa shape index (κ2) is 6.19. The molecule has 1 unspecified atom stereocenters. The summed E-state index contributed by atoms with van der Waals surface area (Å²) in [4.78, 5) is 14.4. The molecule has 1 amide bonds. The molecule has 1 atom stereocenters. The van der Waals surface area contributed by atoms with Crippen molar-refractivity contribution in [2.24, 2.45) is 0 Å². The van der Waals surface area contributed by atoms with Crippen molar-refractivity contribution in [3.05, 3.63) is 35.9 Å². The molecule has 1 aliphatic heterocycles. The van der Waals surface area contributed by atoms with E-state index in [1.54, 1.807) is 0 Å². The third kappa shape index (κ3) is 2.72. The minimum absolute atomic E-state index is 0.0690. The second-order valence-corrected chi connectivity index (χ2v) is 6.80. The number of hydrogen-bond acceptors (Lipinski definition) is 3. The van der Waals surface area contributed by atoms with E-state index < -0.39 is 0 Å². The van der Waals surface area contributed by atoms with Gasteiger partial charge in [0.2, 0.25) is 5.91 Å². The van der Waals surface area contributed by atoms with Crippen molar-refractivity contribution in [3.8, 4) is 0 Å². The van der Waals surface area contributed by atoms with Gasteiger partial charge in [-0.1, -0.05) is 30.3 Å². The predicted octanol–water partition coefficient (Wildman–Crippen LogP) is 2.79. The van der Waals surface area contributed by atoms with Crippen LogP contribution in [0.1, 0.15) is 37.4 Å². The van der Waals surface area contributed by atoms with Crippen molar-refractivity contribution in [3.63, 3.8) is 0 Å². The Labute approximate surface area is 125 Å². The second-order valence-electron chi connectivity index (χ2n) is 5.66. The molecule has 108 valence electrons. The molecule has 1 saturated carbocycles. The fraction of sp³-hybridized carbons (Fsp3) is 0.562. The van der Waals surface area contributed by atoms with Crippen LogP contribution in [0.25, 0.3) is 0 Å². The average molecular weight is 290 g/mol. The molecule has 4 heteroatoms. The number of benzene rings is 1. The maximum absolute atomic E-state index is 12.3.